The smallest absolute Gasteiger partial charge is 0.227 e. The lowest BCUT2D eigenvalue weighted by atomic mass is 10.2. The van der Waals surface area contributed by atoms with Crippen LogP contribution in [-0.2, 0) is 4.79 Å². The molecule has 1 fully saturated rings. The fourth-order valence-electron chi connectivity index (χ4n) is 2.13. The molecule has 1 aliphatic heterocycles. The normalized spacial score (nSPS) is 14.8. The Bertz CT molecular complexity index is 656. The van der Waals surface area contributed by atoms with Crippen LogP contribution in [0.3, 0.4) is 0 Å². The van der Waals surface area contributed by atoms with E-state index in [1.54, 1.807) is 0 Å². The van der Waals surface area contributed by atoms with E-state index in [1.165, 1.54) is 0 Å². The molecule has 3 rings (SSSR count). The molecule has 1 saturated heterocycles. The first-order chi connectivity index (χ1) is 10.2. The van der Waals surface area contributed by atoms with Gasteiger partial charge in [0.25, 0.3) is 0 Å². The van der Waals surface area contributed by atoms with Gasteiger partial charge in [0.15, 0.2) is 5.11 Å². The summed E-state index contributed by atoms with van der Waals surface area (Å²) in [7, 11) is 0. The van der Waals surface area contributed by atoms with Crippen molar-refractivity contribution in [1.29, 1.82) is 0 Å². The number of rotatable bonds is 3. The topological polar surface area (TPSA) is 41.6 Å². The van der Waals surface area contributed by atoms with Crippen molar-refractivity contribution in [3.8, 4) is 11.5 Å². The molecule has 0 radical (unpaired) electrons. The van der Waals surface area contributed by atoms with Crippen molar-refractivity contribution < 1.29 is 9.53 Å². The summed E-state index contributed by atoms with van der Waals surface area (Å²) in [6, 6.07) is 17.3. The lowest BCUT2D eigenvalue weighted by molar-refractivity contribution is -0.119. The molecule has 5 heteroatoms. The van der Waals surface area contributed by atoms with Crippen LogP contribution in [-0.4, -0.2) is 17.6 Å². The molecule has 1 aliphatic rings. The third kappa shape index (κ3) is 3.20. The van der Waals surface area contributed by atoms with Gasteiger partial charge in [0.2, 0.25) is 5.91 Å². The molecule has 2 aromatic rings. The highest BCUT2D eigenvalue weighted by atomic mass is 32.1. The van der Waals surface area contributed by atoms with Gasteiger partial charge in [-0.25, -0.2) is 0 Å². The predicted octanol–water partition coefficient (Wildman–Crippen LogP) is 3.09. The van der Waals surface area contributed by atoms with Crippen molar-refractivity contribution in [2.45, 2.75) is 6.42 Å². The summed E-state index contributed by atoms with van der Waals surface area (Å²) >= 11 is 5.19. The monoisotopic (exact) mass is 298 g/mol. The number of nitrogens with zero attached hydrogens (tertiary/aromatic N) is 1. The van der Waals surface area contributed by atoms with E-state index in [1.807, 2.05) is 59.5 Å². The second-order valence-electron chi connectivity index (χ2n) is 4.66. The number of amides is 1. The first-order valence-corrected chi connectivity index (χ1v) is 7.07. The second-order valence-corrected chi connectivity index (χ2v) is 5.05. The highest BCUT2D eigenvalue weighted by Gasteiger charge is 2.20. The molecule has 0 unspecified atom stereocenters. The van der Waals surface area contributed by atoms with Crippen LogP contribution in [0.1, 0.15) is 6.42 Å². The van der Waals surface area contributed by atoms with E-state index in [9.17, 15) is 4.79 Å². The zero-order chi connectivity index (χ0) is 14.7. The molecular formula is C16H14N2O2S. The minimum Gasteiger partial charge on any atom is -0.457 e. The largest absolute Gasteiger partial charge is 0.457 e. The van der Waals surface area contributed by atoms with E-state index in [0.717, 1.165) is 17.2 Å². The quantitative estimate of drug-likeness (QED) is 0.884. The van der Waals surface area contributed by atoms with Gasteiger partial charge in [-0.3, -0.25) is 4.79 Å². The minimum atomic E-state index is -0.0275. The van der Waals surface area contributed by atoms with Crippen molar-refractivity contribution in [3.05, 3.63) is 54.6 Å². The van der Waals surface area contributed by atoms with Crippen LogP contribution in [0.2, 0.25) is 0 Å². The van der Waals surface area contributed by atoms with E-state index >= 15 is 0 Å². The van der Waals surface area contributed by atoms with Crippen LogP contribution in [0.4, 0.5) is 5.69 Å². The molecule has 106 valence electrons. The van der Waals surface area contributed by atoms with Crippen molar-refractivity contribution in [3.63, 3.8) is 0 Å². The molecule has 1 heterocycles. The van der Waals surface area contributed by atoms with Crippen LogP contribution in [0, 0.1) is 0 Å². The number of thiocarbonyl (C=S) groups is 1. The van der Waals surface area contributed by atoms with Crippen LogP contribution in [0.5, 0.6) is 11.5 Å². The Labute approximate surface area is 128 Å². The Hall–Kier alpha value is -2.40. The summed E-state index contributed by atoms with van der Waals surface area (Å²) in [4.78, 5) is 13.2. The molecular weight excluding hydrogens is 284 g/mol. The molecule has 0 aromatic heterocycles. The fourth-order valence-corrected chi connectivity index (χ4v) is 2.44. The van der Waals surface area contributed by atoms with Gasteiger partial charge < -0.3 is 15.0 Å². The maximum Gasteiger partial charge on any atom is 0.227 e. The Morgan fingerprint density at radius 3 is 2.33 bits per heavy atom. The Morgan fingerprint density at radius 1 is 1.00 bits per heavy atom. The van der Waals surface area contributed by atoms with Gasteiger partial charge in [0.05, 0.1) is 0 Å². The number of hydrogen-bond acceptors (Lipinski definition) is 3. The summed E-state index contributed by atoms with van der Waals surface area (Å²) in [5.74, 6) is 1.53. The van der Waals surface area contributed by atoms with E-state index in [0.29, 0.717) is 18.1 Å². The molecule has 1 amide bonds. The molecule has 0 spiro atoms. The van der Waals surface area contributed by atoms with Gasteiger partial charge in [0.1, 0.15) is 11.5 Å². The van der Waals surface area contributed by atoms with Gasteiger partial charge in [-0.2, -0.15) is 0 Å². The van der Waals surface area contributed by atoms with Crippen molar-refractivity contribution in [2.24, 2.45) is 0 Å². The van der Waals surface area contributed by atoms with E-state index in [4.69, 9.17) is 17.0 Å². The zero-order valence-electron chi connectivity index (χ0n) is 11.3. The molecule has 0 bridgehead atoms. The third-order valence-electron chi connectivity index (χ3n) is 3.18. The fraction of sp³-hybridized carbons (Fsp3) is 0.125. The Morgan fingerprint density at radius 2 is 1.67 bits per heavy atom. The first-order valence-electron chi connectivity index (χ1n) is 6.67. The molecule has 21 heavy (non-hydrogen) atoms. The van der Waals surface area contributed by atoms with Crippen LogP contribution < -0.4 is 15.0 Å². The average molecular weight is 298 g/mol. The SMILES string of the molecule is O=C1CCN(c2ccc(Oc3ccccc3)cc2)C(=S)N1. The highest BCUT2D eigenvalue weighted by molar-refractivity contribution is 7.80. The number of carbonyl (C=O) groups excluding carboxylic acids is 1. The molecule has 1 N–H and O–H groups in total. The zero-order valence-corrected chi connectivity index (χ0v) is 12.1. The number of hydrogen-bond donors (Lipinski definition) is 1. The van der Waals surface area contributed by atoms with Gasteiger partial charge in [0, 0.05) is 18.7 Å². The van der Waals surface area contributed by atoms with E-state index in [2.05, 4.69) is 5.32 Å². The third-order valence-corrected chi connectivity index (χ3v) is 3.50. The summed E-state index contributed by atoms with van der Waals surface area (Å²) in [6.07, 6.45) is 0.447. The molecule has 0 atom stereocenters. The number of benzene rings is 2. The molecule has 2 aromatic carbocycles. The number of anilines is 1. The number of para-hydroxylation sites is 1. The van der Waals surface area contributed by atoms with E-state index < -0.39 is 0 Å². The summed E-state index contributed by atoms with van der Waals surface area (Å²) in [5.41, 5.74) is 0.945. The van der Waals surface area contributed by atoms with Gasteiger partial charge in [-0.05, 0) is 48.6 Å². The standard InChI is InChI=1S/C16H14N2O2S/c19-15-10-11-18(16(21)17-15)12-6-8-14(9-7-12)20-13-4-2-1-3-5-13/h1-9H,10-11H2,(H,17,19,21). The Balaban J connectivity index is 1.72. The van der Waals surface area contributed by atoms with Crippen molar-refractivity contribution in [2.75, 3.05) is 11.4 Å². The molecule has 0 aliphatic carbocycles. The summed E-state index contributed by atoms with van der Waals surface area (Å²) in [5, 5.41) is 3.12. The van der Waals surface area contributed by atoms with Crippen molar-refractivity contribution in [1.82, 2.24) is 5.32 Å². The minimum absolute atomic E-state index is 0.0275. The lowest BCUT2D eigenvalue weighted by Crippen LogP contribution is -2.49. The maximum atomic E-state index is 11.3. The highest BCUT2D eigenvalue weighted by Crippen LogP contribution is 2.25. The Kier molecular flexibility index (Phi) is 3.83. The van der Waals surface area contributed by atoms with Gasteiger partial charge in [-0.1, -0.05) is 18.2 Å². The van der Waals surface area contributed by atoms with Crippen LogP contribution >= 0.6 is 12.2 Å². The number of ether oxygens (including phenoxy) is 1. The second kappa shape index (κ2) is 5.93. The van der Waals surface area contributed by atoms with Gasteiger partial charge in [-0.15, -0.1) is 0 Å². The predicted molar refractivity (Wildman–Crippen MR) is 85.7 cm³/mol. The molecule has 0 saturated carbocycles. The van der Waals surface area contributed by atoms with Crippen LogP contribution in [0.25, 0.3) is 0 Å². The van der Waals surface area contributed by atoms with E-state index in [-0.39, 0.29) is 5.91 Å². The summed E-state index contributed by atoms with van der Waals surface area (Å²) in [6.45, 7) is 0.601. The average Bonchev–Trinajstić information content (AvgIpc) is 2.49. The van der Waals surface area contributed by atoms with Crippen molar-refractivity contribution >= 4 is 28.9 Å². The van der Waals surface area contributed by atoms with Gasteiger partial charge >= 0.3 is 0 Å². The molecule has 4 nitrogen and oxygen atoms in total. The van der Waals surface area contributed by atoms with Crippen LogP contribution in [0.15, 0.2) is 54.6 Å². The summed E-state index contributed by atoms with van der Waals surface area (Å²) < 4.78 is 5.74. The first kappa shape index (κ1) is 13.6. The maximum absolute atomic E-state index is 11.3. The lowest BCUT2D eigenvalue weighted by Gasteiger charge is -2.29. The number of carbonyl (C=O) groups is 1. The number of nitrogens with one attached hydrogen (secondary N) is 1.